The van der Waals surface area contributed by atoms with Crippen LogP contribution in [0.15, 0.2) is 47.6 Å². The van der Waals surface area contributed by atoms with E-state index in [1.165, 1.54) is 29.5 Å². The summed E-state index contributed by atoms with van der Waals surface area (Å²) in [6, 6.07) is 12.7. The molecule has 150 valence electrons. The van der Waals surface area contributed by atoms with Crippen molar-refractivity contribution in [3.63, 3.8) is 0 Å². The summed E-state index contributed by atoms with van der Waals surface area (Å²) < 4.78 is 0. The van der Waals surface area contributed by atoms with Crippen molar-refractivity contribution in [2.24, 2.45) is 10.9 Å². The van der Waals surface area contributed by atoms with Gasteiger partial charge in [0.15, 0.2) is 5.78 Å². The summed E-state index contributed by atoms with van der Waals surface area (Å²) in [6.07, 6.45) is 5.92. The number of allylic oxidation sites excluding steroid dienone is 2. The van der Waals surface area contributed by atoms with E-state index in [0.29, 0.717) is 12.3 Å². The highest BCUT2D eigenvalue weighted by Gasteiger charge is 2.32. The van der Waals surface area contributed by atoms with Crippen LogP contribution in [0.4, 0.5) is 0 Å². The minimum atomic E-state index is 0.156. The minimum absolute atomic E-state index is 0.156. The number of aryl methyl sites for hydroxylation is 1. The first-order valence-corrected chi connectivity index (χ1v) is 10.6. The summed E-state index contributed by atoms with van der Waals surface area (Å²) >= 11 is 0. The van der Waals surface area contributed by atoms with Gasteiger partial charge in [0.25, 0.3) is 0 Å². The van der Waals surface area contributed by atoms with Crippen LogP contribution >= 0.6 is 0 Å². The molecule has 2 aromatic carbocycles. The van der Waals surface area contributed by atoms with E-state index in [1.807, 2.05) is 30.3 Å². The number of hydrogen-bond donors (Lipinski definition) is 1. The Morgan fingerprint density at radius 1 is 1.17 bits per heavy atom. The Balaban J connectivity index is 1.75. The quantitative estimate of drug-likeness (QED) is 0.422. The number of ketones is 1. The molecule has 2 aromatic rings. The molecule has 0 spiro atoms. The van der Waals surface area contributed by atoms with Gasteiger partial charge in [-0.25, -0.2) is 0 Å². The van der Waals surface area contributed by atoms with E-state index in [4.69, 9.17) is 5.84 Å². The molecule has 0 heterocycles. The smallest absolute Gasteiger partial charge is 0.163 e. The van der Waals surface area contributed by atoms with Gasteiger partial charge >= 0.3 is 0 Å². The summed E-state index contributed by atoms with van der Waals surface area (Å²) in [5.74, 6) is 6.69. The lowest BCUT2D eigenvalue weighted by Crippen LogP contribution is -2.26. The molecule has 2 aliphatic rings. The maximum Gasteiger partial charge on any atom is 0.163 e. The van der Waals surface area contributed by atoms with Crippen LogP contribution in [0.1, 0.15) is 85.8 Å². The van der Waals surface area contributed by atoms with Gasteiger partial charge in [0.2, 0.25) is 0 Å². The Bertz CT molecular complexity index is 1030. The van der Waals surface area contributed by atoms with E-state index >= 15 is 0 Å². The molecule has 0 saturated carbocycles. The van der Waals surface area contributed by atoms with Crippen molar-refractivity contribution in [1.29, 1.82) is 0 Å². The molecule has 2 aliphatic carbocycles. The topological polar surface area (TPSA) is 55.4 Å². The number of hydrogen-bond acceptors (Lipinski definition) is 3. The van der Waals surface area contributed by atoms with Gasteiger partial charge in [-0.05, 0) is 65.8 Å². The molecule has 1 atom stereocenters. The van der Waals surface area contributed by atoms with E-state index in [-0.39, 0.29) is 11.2 Å². The number of hydrazone groups is 1. The van der Waals surface area contributed by atoms with Gasteiger partial charge in [-0.2, -0.15) is 5.10 Å². The fourth-order valence-electron chi connectivity index (χ4n) is 4.83. The first-order valence-electron chi connectivity index (χ1n) is 10.6. The van der Waals surface area contributed by atoms with Crippen molar-refractivity contribution in [3.8, 4) is 0 Å². The molecule has 2 N–H and O–H groups in total. The lowest BCUT2D eigenvalue weighted by Gasteiger charge is -2.37. The summed E-state index contributed by atoms with van der Waals surface area (Å²) in [4.78, 5) is 12.0. The number of rotatable bonds is 3. The fraction of sp³-hybridized carbons (Fsp3) is 0.385. The van der Waals surface area contributed by atoms with Crippen LogP contribution in [0.25, 0.3) is 5.57 Å². The van der Waals surface area contributed by atoms with Crippen LogP contribution in [0, 0.1) is 6.92 Å². The maximum atomic E-state index is 12.0. The third-order valence-corrected chi connectivity index (χ3v) is 6.73. The van der Waals surface area contributed by atoms with Gasteiger partial charge in [-0.1, -0.05) is 57.2 Å². The highest BCUT2D eigenvalue weighted by molar-refractivity contribution is 6.22. The zero-order valence-electron chi connectivity index (χ0n) is 17.9. The molecule has 3 heteroatoms. The molecule has 0 aliphatic heterocycles. The molecular weight excluding hydrogens is 356 g/mol. The Morgan fingerprint density at radius 2 is 1.90 bits per heavy atom. The zero-order valence-corrected chi connectivity index (χ0v) is 17.9. The predicted octanol–water partition coefficient (Wildman–Crippen LogP) is 5.63. The van der Waals surface area contributed by atoms with E-state index in [9.17, 15) is 4.79 Å². The highest BCUT2D eigenvalue weighted by Crippen LogP contribution is 2.43. The van der Waals surface area contributed by atoms with Gasteiger partial charge < -0.3 is 5.84 Å². The van der Waals surface area contributed by atoms with E-state index < -0.39 is 0 Å². The average Bonchev–Trinajstić information content (AvgIpc) is 3.13. The molecule has 1 unspecified atom stereocenters. The van der Waals surface area contributed by atoms with E-state index in [0.717, 1.165) is 34.4 Å². The predicted molar refractivity (Wildman–Crippen MR) is 120 cm³/mol. The van der Waals surface area contributed by atoms with Crippen LogP contribution in [-0.4, -0.2) is 11.5 Å². The number of fused-ring (bicyclic) bond motifs is 1. The molecule has 0 radical (unpaired) electrons. The zero-order chi connectivity index (χ0) is 20.8. The number of nitrogens with two attached hydrogens (primary N) is 1. The maximum absolute atomic E-state index is 12.0. The van der Waals surface area contributed by atoms with Crippen molar-refractivity contribution < 1.29 is 4.79 Å². The van der Waals surface area contributed by atoms with Gasteiger partial charge in [0.1, 0.15) is 0 Å². The van der Waals surface area contributed by atoms with Gasteiger partial charge in [0, 0.05) is 23.1 Å². The van der Waals surface area contributed by atoms with Crippen molar-refractivity contribution in [2.45, 2.75) is 64.7 Å². The first kappa shape index (κ1) is 19.6. The van der Waals surface area contributed by atoms with Crippen LogP contribution < -0.4 is 5.84 Å². The van der Waals surface area contributed by atoms with Crippen LogP contribution in [-0.2, 0) is 10.2 Å². The third-order valence-electron chi connectivity index (χ3n) is 6.73. The second kappa shape index (κ2) is 7.29. The van der Waals surface area contributed by atoms with Crippen molar-refractivity contribution >= 4 is 17.1 Å². The molecule has 0 saturated heterocycles. The Hall–Kier alpha value is -2.68. The van der Waals surface area contributed by atoms with E-state index in [1.54, 1.807) is 0 Å². The largest absolute Gasteiger partial charge is 0.323 e. The normalized spacial score (nSPS) is 21.1. The molecule has 0 amide bonds. The second-order valence-corrected chi connectivity index (χ2v) is 9.21. The summed E-state index contributed by atoms with van der Waals surface area (Å²) in [5, 5.41) is 4.18. The summed E-state index contributed by atoms with van der Waals surface area (Å²) in [5.41, 5.74) is 8.92. The Labute approximate surface area is 173 Å². The van der Waals surface area contributed by atoms with E-state index in [2.05, 4.69) is 44.9 Å². The van der Waals surface area contributed by atoms with Gasteiger partial charge in [-0.3, -0.25) is 4.79 Å². The van der Waals surface area contributed by atoms with Crippen molar-refractivity contribution in [3.05, 3.63) is 75.9 Å². The molecular formula is C26H30N2O. The fourth-order valence-corrected chi connectivity index (χ4v) is 4.83. The Morgan fingerprint density at radius 3 is 2.52 bits per heavy atom. The average molecular weight is 387 g/mol. The van der Waals surface area contributed by atoms with Crippen LogP contribution in [0.2, 0.25) is 0 Å². The second-order valence-electron chi connectivity index (χ2n) is 9.21. The van der Waals surface area contributed by atoms with Gasteiger partial charge in [-0.15, -0.1) is 0 Å². The molecule has 29 heavy (non-hydrogen) atoms. The standard InChI is InChI=1S/C26H30N2O/c1-16-12-13-26(3,4)23-15-22(17(2)14-21(16)23)25(28-27)19-10-8-18(9-11-19)20-6-5-7-24(20)29/h6,8-11,14-16H,5,7,12-13,27H2,1-4H3/b28-25+. The number of Topliss-reactive ketones (excluding diaryl/α,β-unsaturated/α-hetero) is 1. The molecule has 4 rings (SSSR count). The highest BCUT2D eigenvalue weighted by atomic mass is 16.1. The monoisotopic (exact) mass is 386 g/mol. The number of benzene rings is 2. The van der Waals surface area contributed by atoms with Crippen molar-refractivity contribution in [1.82, 2.24) is 0 Å². The summed E-state index contributed by atoms with van der Waals surface area (Å²) in [7, 11) is 0. The molecule has 0 bridgehead atoms. The summed E-state index contributed by atoms with van der Waals surface area (Å²) in [6.45, 7) is 9.13. The first-order chi connectivity index (χ1) is 13.8. The number of nitrogens with zero attached hydrogens (tertiary/aromatic N) is 1. The van der Waals surface area contributed by atoms with Crippen molar-refractivity contribution in [2.75, 3.05) is 0 Å². The lowest BCUT2D eigenvalue weighted by atomic mass is 9.68. The Kier molecular flexibility index (Phi) is 4.94. The lowest BCUT2D eigenvalue weighted by molar-refractivity contribution is -0.113. The SMILES string of the molecule is Cc1cc2c(cc1/C(=N/N)c1ccc(C3=CCCC3=O)cc1)C(C)(C)CCC2C. The van der Waals surface area contributed by atoms with Crippen LogP contribution in [0.5, 0.6) is 0 Å². The number of carbonyl (C=O) groups excluding carboxylic acids is 1. The third kappa shape index (κ3) is 3.43. The minimum Gasteiger partial charge on any atom is -0.323 e. The molecule has 3 nitrogen and oxygen atoms in total. The van der Waals surface area contributed by atoms with Crippen LogP contribution in [0.3, 0.4) is 0 Å². The van der Waals surface area contributed by atoms with Gasteiger partial charge in [0.05, 0.1) is 5.71 Å². The molecule has 0 fully saturated rings. The number of carbonyl (C=O) groups is 1. The molecule has 0 aromatic heterocycles.